The number of hydrogen-bond acceptors (Lipinski definition) is 4. The van der Waals surface area contributed by atoms with Crippen molar-refractivity contribution in [3.05, 3.63) is 0 Å². The molecule has 15 heavy (non-hydrogen) atoms. The van der Waals surface area contributed by atoms with E-state index in [-0.39, 0.29) is 0 Å². The van der Waals surface area contributed by atoms with Crippen molar-refractivity contribution >= 4 is 35.0 Å². The van der Waals surface area contributed by atoms with Crippen LogP contribution in [0.1, 0.15) is 13.3 Å². The van der Waals surface area contributed by atoms with E-state index in [1.807, 2.05) is 0 Å². The van der Waals surface area contributed by atoms with E-state index in [9.17, 15) is 15.3 Å². The maximum Gasteiger partial charge on any atom is 0.115 e. The smallest absolute Gasteiger partial charge is 0.115 e. The highest BCUT2D eigenvalue weighted by atomic mass is 35.5. The third kappa shape index (κ3) is 2.73. The maximum atomic E-state index is 10.1. The van der Waals surface area contributed by atoms with Gasteiger partial charge in [-0.2, -0.15) is 0 Å². The lowest BCUT2D eigenvalue weighted by Gasteiger charge is -2.44. The Morgan fingerprint density at radius 1 is 1.20 bits per heavy atom. The summed E-state index contributed by atoms with van der Waals surface area (Å²) in [6, 6.07) is 0. The summed E-state index contributed by atoms with van der Waals surface area (Å²) in [6.45, 7) is 1.55. The zero-order valence-corrected chi connectivity index (χ0v) is 10.9. The molecule has 3 nitrogen and oxygen atoms in total. The van der Waals surface area contributed by atoms with Crippen LogP contribution in [0, 0.1) is 5.92 Å². The first-order chi connectivity index (χ1) is 6.81. The van der Waals surface area contributed by atoms with E-state index in [1.54, 1.807) is 13.2 Å². The number of hydrogen-bond donors (Lipinski definition) is 3. The SMILES string of the molecule is CSC(C)(O)C1C(O)C(Cl)CC(Cl)C1O. The fraction of sp³-hybridized carbons (Fsp3) is 1.00. The predicted molar refractivity (Wildman–Crippen MR) is 63.5 cm³/mol. The Labute approximate surface area is 104 Å². The Morgan fingerprint density at radius 2 is 1.60 bits per heavy atom. The second-order valence-corrected chi connectivity index (χ2v) is 6.39. The molecule has 90 valence electrons. The summed E-state index contributed by atoms with van der Waals surface area (Å²) in [5.74, 6) is -0.730. The zero-order chi connectivity index (χ0) is 11.8. The molecule has 0 radical (unpaired) electrons. The fourth-order valence-corrected chi connectivity index (χ4v) is 3.26. The quantitative estimate of drug-likeness (QED) is 0.520. The number of thioether (sulfide) groups is 1. The second kappa shape index (κ2) is 4.98. The summed E-state index contributed by atoms with van der Waals surface area (Å²) in [5, 5.41) is 28.7. The standard InChI is InChI=1S/C9H16Cl2O3S/c1-9(14,15-2)6-7(12)4(10)3-5(11)8(6)13/h4-8,12-14H,3H2,1-2H3. The molecule has 5 atom stereocenters. The monoisotopic (exact) mass is 274 g/mol. The van der Waals surface area contributed by atoms with Gasteiger partial charge in [0.1, 0.15) is 4.93 Å². The summed E-state index contributed by atoms with van der Waals surface area (Å²) >= 11 is 13.0. The molecule has 5 unspecified atom stereocenters. The third-order valence-corrected chi connectivity index (χ3v) is 4.93. The van der Waals surface area contributed by atoms with Crippen LogP contribution in [-0.4, -0.2) is 49.5 Å². The van der Waals surface area contributed by atoms with E-state index in [0.717, 1.165) is 11.8 Å². The zero-order valence-electron chi connectivity index (χ0n) is 8.60. The van der Waals surface area contributed by atoms with Crippen molar-refractivity contribution in [2.45, 2.75) is 41.2 Å². The second-order valence-electron chi connectivity index (χ2n) is 4.03. The first-order valence-electron chi connectivity index (χ1n) is 4.73. The van der Waals surface area contributed by atoms with Crippen molar-refractivity contribution in [1.82, 2.24) is 0 Å². The summed E-state index contributed by atoms with van der Waals surface area (Å²) < 4.78 is 0. The molecule has 3 N–H and O–H groups in total. The largest absolute Gasteiger partial charge is 0.391 e. The molecule has 0 aliphatic heterocycles. The van der Waals surface area contributed by atoms with Crippen LogP contribution in [0.3, 0.4) is 0 Å². The summed E-state index contributed by atoms with van der Waals surface area (Å²) in [5.41, 5.74) is 0. The van der Waals surface area contributed by atoms with Crippen molar-refractivity contribution in [2.24, 2.45) is 5.92 Å². The van der Waals surface area contributed by atoms with Crippen LogP contribution >= 0.6 is 35.0 Å². The predicted octanol–water partition coefficient (Wildman–Crippen LogP) is 1.01. The normalized spacial score (nSPS) is 46.2. The van der Waals surface area contributed by atoms with Crippen LogP contribution in [0.2, 0.25) is 0 Å². The topological polar surface area (TPSA) is 60.7 Å². The number of aliphatic hydroxyl groups excluding tert-OH is 2. The highest BCUT2D eigenvalue weighted by Gasteiger charge is 2.50. The minimum absolute atomic E-state index is 0.340. The number of halogens is 2. The van der Waals surface area contributed by atoms with Crippen LogP contribution < -0.4 is 0 Å². The van der Waals surface area contributed by atoms with Crippen LogP contribution in [0.15, 0.2) is 0 Å². The molecular weight excluding hydrogens is 259 g/mol. The lowest BCUT2D eigenvalue weighted by molar-refractivity contribution is -0.0852. The van der Waals surface area contributed by atoms with Gasteiger partial charge in [-0.3, -0.25) is 0 Å². The maximum absolute atomic E-state index is 10.1. The highest BCUT2D eigenvalue weighted by Crippen LogP contribution is 2.41. The number of rotatable bonds is 2. The number of aliphatic hydroxyl groups is 3. The third-order valence-electron chi connectivity index (χ3n) is 2.96. The van der Waals surface area contributed by atoms with Gasteiger partial charge < -0.3 is 15.3 Å². The van der Waals surface area contributed by atoms with E-state index >= 15 is 0 Å². The molecule has 0 aromatic rings. The van der Waals surface area contributed by atoms with E-state index in [4.69, 9.17) is 23.2 Å². The first kappa shape index (κ1) is 13.9. The average molecular weight is 275 g/mol. The van der Waals surface area contributed by atoms with Crippen LogP contribution in [0.25, 0.3) is 0 Å². The van der Waals surface area contributed by atoms with Gasteiger partial charge in [0.05, 0.1) is 28.9 Å². The van der Waals surface area contributed by atoms with Gasteiger partial charge in [-0.05, 0) is 19.6 Å². The molecule has 1 aliphatic rings. The first-order valence-corrected chi connectivity index (χ1v) is 6.82. The van der Waals surface area contributed by atoms with Gasteiger partial charge in [0.25, 0.3) is 0 Å². The van der Waals surface area contributed by atoms with Crippen molar-refractivity contribution in [3.63, 3.8) is 0 Å². The number of alkyl halides is 2. The van der Waals surface area contributed by atoms with Crippen molar-refractivity contribution < 1.29 is 15.3 Å². The van der Waals surface area contributed by atoms with Gasteiger partial charge in [-0.1, -0.05) is 0 Å². The van der Waals surface area contributed by atoms with Crippen LogP contribution in [0.4, 0.5) is 0 Å². The molecule has 0 aromatic carbocycles. The molecule has 0 bridgehead atoms. The van der Waals surface area contributed by atoms with Crippen molar-refractivity contribution in [3.8, 4) is 0 Å². The van der Waals surface area contributed by atoms with Crippen LogP contribution in [-0.2, 0) is 0 Å². The van der Waals surface area contributed by atoms with Gasteiger partial charge in [0, 0.05) is 0 Å². The molecule has 0 aromatic heterocycles. The Hall–Kier alpha value is 0.810. The van der Waals surface area contributed by atoms with E-state index in [1.165, 1.54) is 0 Å². The van der Waals surface area contributed by atoms with E-state index in [2.05, 4.69) is 0 Å². The Bertz CT molecular complexity index is 213. The molecule has 0 spiro atoms. The fourth-order valence-electron chi connectivity index (χ4n) is 1.92. The van der Waals surface area contributed by atoms with Gasteiger partial charge >= 0.3 is 0 Å². The molecule has 0 heterocycles. The molecule has 1 rings (SSSR count). The molecule has 1 aliphatic carbocycles. The van der Waals surface area contributed by atoms with Gasteiger partial charge in [0.15, 0.2) is 0 Å². The summed E-state index contributed by atoms with van der Waals surface area (Å²) in [4.78, 5) is -1.24. The molecular formula is C9H16Cl2O3S. The van der Waals surface area contributed by atoms with Crippen LogP contribution in [0.5, 0.6) is 0 Å². The van der Waals surface area contributed by atoms with Gasteiger partial charge in [-0.15, -0.1) is 35.0 Å². The van der Waals surface area contributed by atoms with Gasteiger partial charge in [-0.25, -0.2) is 0 Å². The van der Waals surface area contributed by atoms with E-state index in [0.29, 0.717) is 6.42 Å². The lowest BCUT2D eigenvalue weighted by Crippen LogP contribution is -2.56. The minimum atomic E-state index is -1.24. The highest BCUT2D eigenvalue weighted by molar-refractivity contribution is 7.99. The molecule has 0 saturated heterocycles. The Balaban J connectivity index is 2.91. The molecule has 1 saturated carbocycles. The Morgan fingerprint density at radius 3 is 1.93 bits per heavy atom. The lowest BCUT2D eigenvalue weighted by atomic mass is 9.80. The molecule has 6 heteroatoms. The average Bonchev–Trinajstić information content (AvgIpc) is 2.15. The summed E-state index contributed by atoms with van der Waals surface area (Å²) in [7, 11) is 0. The van der Waals surface area contributed by atoms with Crippen molar-refractivity contribution in [2.75, 3.05) is 6.26 Å². The summed E-state index contributed by atoms with van der Waals surface area (Å²) in [6.07, 6.45) is 0.158. The van der Waals surface area contributed by atoms with E-state index < -0.39 is 33.8 Å². The molecule has 0 amide bonds. The Kier molecular flexibility index (Phi) is 4.61. The van der Waals surface area contributed by atoms with Crippen molar-refractivity contribution in [1.29, 1.82) is 0 Å². The van der Waals surface area contributed by atoms with Gasteiger partial charge in [0.2, 0.25) is 0 Å². The minimum Gasteiger partial charge on any atom is -0.391 e. The molecule has 1 fully saturated rings.